The quantitative estimate of drug-likeness (QED) is 0.465. The van der Waals surface area contributed by atoms with Gasteiger partial charge in [-0.2, -0.15) is 0 Å². The number of hydrogen-bond donors (Lipinski definition) is 4. The molecule has 5 N–H and O–H groups in total. The predicted molar refractivity (Wildman–Crippen MR) is 111 cm³/mol. The van der Waals surface area contributed by atoms with Gasteiger partial charge >= 0.3 is 6.09 Å². The van der Waals surface area contributed by atoms with Crippen LogP contribution in [0.25, 0.3) is 0 Å². The van der Waals surface area contributed by atoms with E-state index in [1.807, 2.05) is 61.5 Å². The fourth-order valence-electron chi connectivity index (χ4n) is 2.70. The molecule has 0 saturated heterocycles. The molecule has 0 saturated carbocycles. The number of carbonyl (C=O) groups is 3. The van der Waals surface area contributed by atoms with Crippen molar-refractivity contribution in [1.82, 2.24) is 10.6 Å². The molecule has 8 heteroatoms. The van der Waals surface area contributed by atoms with E-state index in [4.69, 9.17) is 10.5 Å². The number of aliphatic hydroxyl groups is 1. The van der Waals surface area contributed by atoms with Crippen LogP contribution in [0.4, 0.5) is 4.79 Å². The van der Waals surface area contributed by atoms with Gasteiger partial charge in [0, 0.05) is 13.0 Å². The summed E-state index contributed by atoms with van der Waals surface area (Å²) < 4.78 is 5.03. The van der Waals surface area contributed by atoms with Crippen molar-refractivity contribution < 1.29 is 24.2 Å². The van der Waals surface area contributed by atoms with Crippen LogP contribution in [-0.4, -0.2) is 41.7 Å². The van der Waals surface area contributed by atoms with Gasteiger partial charge in [0.2, 0.25) is 11.8 Å². The van der Waals surface area contributed by atoms with E-state index in [-0.39, 0.29) is 26.0 Å². The zero-order valence-corrected chi connectivity index (χ0v) is 16.8. The Hall–Kier alpha value is -3.39. The summed E-state index contributed by atoms with van der Waals surface area (Å²) in [7, 11) is 0. The third kappa shape index (κ3) is 8.32. The highest BCUT2D eigenvalue weighted by Crippen LogP contribution is 2.07. The third-order valence-corrected chi connectivity index (χ3v) is 4.35. The second kappa shape index (κ2) is 11.6. The first-order valence-electron chi connectivity index (χ1n) is 9.60. The molecule has 30 heavy (non-hydrogen) atoms. The number of primary amides is 1. The van der Waals surface area contributed by atoms with Crippen LogP contribution in [0.5, 0.6) is 0 Å². The lowest BCUT2D eigenvalue weighted by atomic mass is 10.0. The molecule has 0 heterocycles. The molecule has 0 aliphatic carbocycles. The second-order valence-corrected chi connectivity index (χ2v) is 7.01. The molecule has 0 fully saturated rings. The van der Waals surface area contributed by atoms with Crippen molar-refractivity contribution in [2.24, 2.45) is 5.73 Å². The maximum absolute atomic E-state index is 12.1. The van der Waals surface area contributed by atoms with Crippen LogP contribution in [-0.2, 0) is 27.4 Å². The van der Waals surface area contributed by atoms with Gasteiger partial charge in [-0.3, -0.25) is 9.59 Å². The number of alkyl carbamates (subject to hydrolysis) is 1. The summed E-state index contributed by atoms with van der Waals surface area (Å²) in [5, 5.41) is 14.9. The van der Waals surface area contributed by atoms with Gasteiger partial charge in [0.1, 0.15) is 12.6 Å². The topological polar surface area (TPSA) is 131 Å². The maximum Gasteiger partial charge on any atom is 0.407 e. The highest BCUT2D eigenvalue weighted by Gasteiger charge is 2.20. The zero-order valence-electron chi connectivity index (χ0n) is 16.8. The molecule has 2 rings (SSSR count). The summed E-state index contributed by atoms with van der Waals surface area (Å²) in [5.74, 6) is -1.21. The lowest BCUT2D eigenvalue weighted by molar-refractivity contribution is -0.128. The smallest absolute Gasteiger partial charge is 0.407 e. The fourth-order valence-corrected chi connectivity index (χ4v) is 2.70. The Bertz CT molecular complexity index is 840. The molecule has 0 aromatic heterocycles. The average Bonchev–Trinajstić information content (AvgIpc) is 2.72. The Morgan fingerprint density at radius 2 is 1.70 bits per heavy atom. The summed E-state index contributed by atoms with van der Waals surface area (Å²) in [4.78, 5) is 35.5. The average molecular weight is 413 g/mol. The largest absolute Gasteiger partial charge is 0.445 e. The van der Waals surface area contributed by atoms with Crippen LogP contribution < -0.4 is 16.4 Å². The highest BCUT2D eigenvalue weighted by molar-refractivity contribution is 5.87. The number of nitrogens with one attached hydrogen (secondary N) is 2. The molecular weight excluding hydrogens is 386 g/mol. The van der Waals surface area contributed by atoms with Gasteiger partial charge in [0.15, 0.2) is 0 Å². The number of nitrogens with two attached hydrogens (primary N) is 1. The Kier molecular flexibility index (Phi) is 8.83. The lowest BCUT2D eigenvalue weighted by Crippen LogP contribution is -2.47. The Labute approximate surface area is 175 Å². The standard InChI is InChI=1S/C22H27N3O5/c1-15-7-9-16(10-8-15)11-19(21(23)28)25-20(27)12-18(26)13-24-22(29)30-14-17-5-3-2-4-6-17/h2-10,18-19,26H,11-14H2,1H3,(H2,23,28)(H,24,29)(H,25,27)/t18-,19-/m0/s1. The fraction of sp³-hybridized carbons (Fsp3) is 0.318. The van der Waals surface area contributed by atoms with Gasteiger partial charge in [-0.25, -0.2) is 4.79 Å². The summed E-state index contributed by atoms with van der Waals surface area (Å²) in [5.41, 5.74) is 8.15. The van der Waals surface area contributed by atoms with Crippen LogP contribution in [0, 0.1) is 6.92 Å². The molecule has 0 aliphatic rings. The first kappa shape index (κ1) is 22.9. The molecule has 3 amide bonds. The van der Waals surface area contributed by atoms with E-state index >= 15 is 0 Å². The molecule has 2 aromatic carbocycles. The minimum Gasteiger partial charge on any atom is -0.445 e. The van der Waals surface area contributed by atoms with Crippen molar-refractivity contribution in [2.75, 3.05) is 6.54 Å². The number of hydrogen-bond acceptors (Lipinski definition) is 5. The summed E-state index contributed by atoms with van der Waals surface area (Å²) in [6, 6.07) is 15.8. The van der Waals surface area contributed by atoms with Crippen molar-refractivity contribution in [1.29, 1.82) is 0 Å². The molecule has 0 spiro atoms. The molecule has 2 aromatic rings. The van der Waals surface area contributed by atoms with Crippen molar-refractivity contribution in [3.63, 3.8) is 0 Å². The Balaban J connectivity index is 1.73. The Morgan fingerprint density at radius 1 is 1.03 bits per heavy atom. The molecule has 0 bridgehead atoms. The lowest BCUT2D eigenvalue weighted by Gasteiger charge is -2.17. The van der Waals surface area contributed by atoms with Gasteiger partial charge < -0.3 is 26.2 Å². The first-order valence-corrected chi connectivity index (χ1v) is 9.60. The van der Waals surface area contributed by atoms with E-state index in [2.05, 4.69) is 10.6 Å². The van der Waals surface area contributed by atoms with Crippen molar-refractivity contribution in [3.8, 4) is 0 Å². The van der Waals surface area contributed by atoms with E-state index in [0.29, 0.717) is 0 Å². The summed E-state index contributed by atoms with van der Waals surface area (Å²) in [6.45, 7) is 1.88. The SMILES string of the molecule is Cc1ccc(C[C@H](NC(=O)C[C@H](O)CNC(=O)OCc2ccccc2)C(N)=O)cc1. The van der Waals surface area contributed by atoms with Gasteiger partial charge in [-0.15, -0.1) is 0 Å². The zero-order chi connectivity index (χ0) is 21.9. The Morgan fingerprint density at radius 3 is 2.33 bits per heavy atom. The second-order valence-electron chi connectivity index (χ2n) is 7.01. The normalized spacial score (nSPS) is 12.5. The van der Waals surface area contributed by atoms with Gasteiger partial charge in [0.25, 0.3) is 0 Å². The van der Waals surface area contributed by atoms with E-state index in [1.165, 1.54) is 0 Å². The van der Waals surface area contributed by atoms with E-state index < -0.39 is 30.1 Å². The summed E-state index contributed by atoms with van der Waals surface area (Å²) >= 11 is 0. The summed E-state index contributed by atoms with van der Waals surface area (Å²) in [6.07, 6.45) is -1.88. The minimum atomic E-state index is -1.14. The molecule has 2 atom stereocenters. The molecule has 160 valence electrons. The molecule has 0 unspecified atom stereocenters. The predicted octanol–water partition coefficient (Wildman–Crippen LogP) is 1.19. The van der Waals surface area contributed by atoms with Crippen LogP contribution in [0.1, 0.15) is 23.1 Å². The number of amides is 3. The number of aryl methyl sites for hydroxylation is 1. The van der Waals surface area contributed by atoms with Crippen LogP contribution in [0.2, 0.25) is 0 Å². The molecule has 8 nitrogen and oxygen atoms in total. The van der Waals surface area contributed by atoms with E-state index in [9.17, 15) is 19.5 Å². The number of carbonyl (C=O) groups excluding carboxylic acids is 3. The number of aliphatic hydroxyl groups excluding tert-OH is 1. The monoisotopic (exact) mass is 413 g/mol. The first-order chi connectivity index (χ1) is 14.3. The van der Waals surface area contributed by atoms with Crippen molar-refractivity contribution >= 4 is 17.9 Å². The van der Waals surface area contributed by atoms with E-state index in [1.54, 1.807) is 0 Å². The van der Waals surface area contributed by atoms with E-state index in [0.717, 1.165) is 16.7 Å². The van der Waals surface area contributed by atoms with Crippen molar-refractivity contribution in [3.05, 3.63) is 71.3 Å². The maximum atomic E-state index is 12.1. The number of ether oxygens (including phenoxy) is 1. The number of rotatable bonds is 10. The van der Waals surface area contributed by atoms with Gasteiger partial charge in [0.05, 0.1) is 12.5 Å². The molecule has 0 aliphatic heterocycles. The van der Waals surface area contributed by atoms with Gasteiger partial charge in [-0.05, 0) is 18.1 Å². The van der Waals surface area contributed by atoms with Crippen LogP contribution in [0.15, 0.2) is 54.6 Å². The number of benzene rings is 2. The minimum absolute atomic E-state index is 0.0998. The molecular formula is C22H27N3O5. The highest BCUT2D eigenvalue weighted by atomic mass is 16.5. The molecule has 0 radical (unpaired) electrons. The van der Waals surface area contributed by atoms with Crippen LogP contribution >= 0.6 is 0 Å². The van der Waals surface area contributed by atoms with Gasteiger partial charge in [-0.1, -0.05) is 60.2 Å². The third-order valence-electron chi connectivity index (χ3n) is 4.35. The van der Waals surface area contributed by atoms with Crippen molar-refractivity contribution in [2.45, 2.75) is 38.5 Å². The van der Waals surface area contributed by atoms with Crippen LogP contribution in [0.3, 0.4) is 0 Å².